The highest BCUT2D eigenvalue weighted by Gasteiger charge is 2.30. The molecular formula is C27H25ClFN3O2. The summed E-state index contributed by atoms with van der Waals surface area (Å²) >= 11 is 6.20. The molecule has 174 valence electrons. The van der Waals surface area contributed by atoms with Gasteiger partial charge in [-0.25, -0.2) is 4.39 Å². The molecule has 2 aromatic carbocycles. The van der Waals surface area contributed by atoms with Gasteiger partial charge in [0.15, 0.2) is 5.76 Å². The molecule has 0 atom stereocenters. The van der Waals surface area contributed by atoms with Crippen molar-refractivity contribution < 1.29 is 13.6 Å². The third-order valence-electron chi connectivity index (χ3n) is 6.34. The standard InChI is InChI=1S/C27H25ClFN3O2/c1-15(2)17-7-10-19(11-8-17)30-27(33)26-16(3)24-23(34-26)12-9-18-13-32(31-25(18)24)14-20-21(28)5-4-6-22(20)29/h4-8,10-11,13,15H,9,12,14H2,1-3H3,(H,30,33). The summed E-state index contributed by atoms with van der Waals surface area (Å²) in [7, 11) is 0. The average molecular weight is 478 g/mol. The number of carbonyl (C=O) groups is 1. The van der Waals surface area contributed by atoms with E-state index in [4.69, 9.17) is 21.1 Å². The summed E-state index contributed by atoms with van der Waals surface area (Å²) in [4.78, 5) is 13.0. The van der Waals surface area contributed by atoms with Crippen molar-refractivity contribution in [2.45, 2.75) is 46.1 Å². The Labute approximate surface area is 202 Å². The summed E-state index contributed by atoms with van der Waals surface area (Å²) in [6, 6.07) is 12.5. The molecule has 0 radical (unpaired) electrons. The molecule has 0 aliphatic heterocycles. The van der Waals surface area contributed by atoms with Crippen molar-refractivity contribution >= 4 is 23.2 Å². The number of amides is 1. The van der Waals surface area contributed by atoms with Gasteiger partial charge in [0, 0.05) is 40.0 Å². The Balaban J connectivity index is 1.42. The van der Waals surface area contributed by atoms with Crippen molar-refractivity contribution in [3.63, 3.8) is 0 Å². The van der Waals surface area contributed by atoms with Crippen LogP contribution in [0.15, 0.2) is 53.1 Å². The number of aryl methyl sites for hydroxylation is 2. The summed E-state index contributed by atoms with van der Waals surface area (Å²) in [6.07, 6.45) is 3.33. The predicted octanol–water partition coefficient (Wildman–Crippen LogP) is 6.77. The van der Waals surface area contributed by atoms with Gasteiger partial charge in [-0.3, -0.25) is 9.48 Å². The first-order chi connectivity index (χ1) is 16.3. The number of aromatic nitrogens is 2. The molecule has 0 unspecified atom stereocenters. The number of hydrogen-bond donors (Lipinski definition) is 1. The first-order valence-corrected chi connectivity index (χ1v) is 11.7. The van der Waals surface area contributed by atoms with E-state index in [1.165, 1.54) is 11.6 Å². The normalized spacial score (nSPS) is 12.5. The van der Waals surface area contributed by atoms with Crippen molar-refractivity contribution in [1.29, 1.82) is 0 Å². The van der Waals surface area contributed by atoms with Crippen molar-refractivity contribution in [2.24, 2.45) is 0 Å². The second kappa shape index (κ2) is 8.76. The largest absolute Gasteiger partial charge is 0.455 e. The zero-order chi connectivity index (χ0) is 24.0. The topological polar surface area (TPSA) is 60.1 Å². The van der Waals surface area contributed by atoms with E-state index < -0.39 is 0 Å². The number of nitrogens with zero attached hydrogens (tertiary/aromatic N) is 2. The Morgan fingerprint density at radius 3 is 2.68 bits per heavy atom. The molecule has 0 spiro atoms. The number of furan rings is 1. The summed E-state index contributed by atoms with van der Waals surface area (Å²) in [5.41, 5.74) is 5.74. The van der Waals surface area contributed by atoms with Gasteiger partial charge < -0.3 is 9.73 Å². The fraction of sp³-hybridized carbons (Fsp3) is 0.259. The minimum Gasteiger partial charge on any atom is -0.455 e. The second-order valence-electron chi connectivity index (χ2n) is 8.99. The van der Waals surface area contributed by atoms with E-state index in [2.05, 4.69) is 19.2 Å². The van der Waals surface area contributed by atoms with Crippen LogP contribution in [0.5, 0.6) is 0 Å². The van der Waals surface area contributed by atoms with E-state index in [1.807, 2.05) is 37.4 Å². The maximum Gasteiger partial charge on any atom is 0.291 e. The molecule has 0 bridgehead atoms. The minimum atomic E-state index is -0.360. The molecule has 1 aliphatic carbocycles. The van der Waals surface area contributed by atoms with Gasteiger partial charge in [0.05, 0.1) is 12.2 Å². The number of rotatable bonds is 5. The van der Waals surface area contributed by atoms with Crippen LogP contribution in [0.25, 0.3) is 11.3 Å². The predicted molar refractivity (Wildman–Crippen MR) is 131 cm³/mol. The summed E-state index contributed by atoms with van der Waals surface area (Å²) in [5, 5.41) is 8.02. The van der Waals surface area contributed by atoms with Crippen molar-refractivity contribution in [2.75, 3.05) is 5.32 Å². The van der Waals surface area contributed by atoms with Crippen LogP contribution in [-0.2, 0) is 19.4 Å². The van der Waals surface area contributed by atoms with E-state index >= 15 is 0 Å². The zero-order valence-electron chi connectivity index (χ0n) is 19.3. The molecular weight excluding hydrogens is 453 g/mol. The number of nitrogens with one attached hydrogen (secondary N) is 1. The monoisotopic (exact) mass is 477 g/mol. The Morgan fingerprint density at radius 1 is 1.21 bits per heavy atom. The molecule has 1 amide bonds. The van der Waals surface area contributed by atoms with E-state index in [0.717, 1.165) is 40.3 Å². The highest BCUT2D eigenvalue weighted by molar-refractivity contribution is 6.31. The number of halogens is 2. The maximum absolute atomic E-state index is 14.3. The lowest BCUT2D eigenvalue weighted by Crippen LogP contribution is -2.12. The molecule has 2 heterocycles. The number of carbonyl (C=O) groups excluding carboxylic acids is 1. The van der Waals surface area contributed by atoms with E-state index in [-0.39, 0.29) is 24.0 Å². The molecule has 0 fully saturated rings. The smallest absolute Gasteiger partial charge is 0.291 e. The Morgan fingerprint density at radius 2 is 1.97 bits per heavy atom. The van der Waals surface area contributed by atoms with Gasteiger partial charge in [-0.05, 0) is 54.7 Å². The molecule has 5 rings (SSSR count). The van der Waals surface area contributed by atoms with Gasteiger partial charge in [-0.1, -0.05) is 43.6 Å². The molecule has 4 aromatic rings. The minimum absolute atomic E-state index is 0.227. The fourth-order valence-electron chi connectivity index (χ4n) is 4.45. The molecule has 0 saturated carbocycles. The van der Waals surface area contributed by atoms with Crippen LogP contribution >= 0.6 is 11.6 Å². The average Bonchev–Trinajstić information content (AvgIpc) is 3.37. The lowest BCUT2D eigenvalue weighted by atomic mass is 9.93. The van der Waals surface area contributed by atoms with Crippen molar-refractivity contribution in [3.05, 3.63) is 93.3 Å². The second-order valence-corrected chi connectivity index (χ2v) is 9.39. The highest BCUT2D eigenvalue weighted by atomic mass is 35.5. The van der Waals surface area contributed by atoms with Crippen molar-refractivity contribution in [3.8, 4) is 11.3 Å². The van der Waals surface area contributed by atoms with E-state index in [9.17, 15) is 9.18 Å². The molecule has 0 saturated heterocycles. The van der Waals surface area contributed by atoms with Crippen LogP contribution in [0, 0.1) is 12.7 Å². The van der Waals surface area contributed by atoms with Gasteiger partial charge in [0.1, 0.15) is 11.6 Å². The zero-order valence-corrected chi connectivity index (χ0v) is 20.0. The molecule has 5 nitrogen and oxygen atoms in total. The summed E-state index contributed by atoms with van der Waals surface area (Å²) < 4.78 is 22.0. The van der Waals surface area contributed by atoms with E-state index in [0.29, 0.717) is 22.9 Å². The van der Waals surface area contributed by atoms with Gasteiger partial charge in [-0.2, -0.15) is 5.10 Å². The molecule has 1 aliphatic rings. The van der Waals surface area contributed by atoms with Crippen LogP contribution in [0.3, 0.4) is 0 Å². The SMILES string of the molecule is Cc1c(C(=O)Nc2ccc(C(C)C)cc2)oc2c1-c1nn(Cc3c(F)cccc3Cl)cc1CC2. The van der Waals surface area contributed by atoms with E-state index in [1.54, 1.807) is 16.8 Å². The first kappa shape index (κ1) is 22.4. The van der Waals surface area contributed by atoms with Gasteiger partial charge in [0.2, 0.25) is 0 Å². The Bertz CT molecular complexity index is 1370. The van der Waals surface area contributed by atoms with Gasteiger partial charge in [0.25, 0.3) is 5.91 Å². The van der Waals surface area contributed by atoms with Gasteiger partial charge in [-0.15, -0.1) is 0 Å². The van der Waals surface area contributed by atoms with Crippen LogP contribution < -0.4 is 5.32 Å². The van der Waals surface area contributed by atoms with Crippen LogP contribution in [0.2, 0.25) is 5.02 Å². The van der Waals surface area contributed by atoms with Crippen molar-refractivity contribution in [1.82, 2.24) is 9.78 Å². The van der Waals surface area contributed by atoms with Crippen LogP contribution in [0.1, 0.15) is 58.3 Å². The number of fused-ring (bicyclic) bond motifs is 3. The number of anilines is 1. The molecule has 34 heavy (non-hydrogen) atoms. The molecule has 7 heteroatoms. The quantitative estimate of drug-likeness (QED) is 0.345. The third-order valence-corrected chi connectivity index (χ3v) is 6.69. The fourth-order valence-corrected chi connectivity index (χ4v) is 4.67. The Kier molecular flexibility index (Phi) is 5.78. The van der Waals surface area contributed by atoms with Crippen LogP contribution in [-0.4, -0.2) is 15.7 Å². The number of hydrogen-bond acceptors (Lipinski definition) is 3. The van der Waals surface area contributed by atoms with Crippen LogP contribution in [0.4, 0.5) is 10.1 Å². The molecule has 1 N–H and O–H groups in total. The number of benzene rings is 2. The lowest BCUT2D eigenvalue weighted by Gasteiger charge is -2.09. The highest BCUT2D eigenvalue weighted by Crippen LogP contribution is 2.38. The Hall–Kier alpha value is -3.38. The van der Waals surface area contributed by atoms with Gasteiger partial charge >= 0.3 is 0 Å². The maximum atomic E-state index is 14.3. The lowest BCUT2D eigenvalue weighted by molar-refractivity contribution is 0.0994. The summed E-state index contributed by atoms with van der Waals surface area (Å²) in [5.74, 6) is 0.814. The molecule has 2 aromatic heterocycles. The summed E-state index contributed by atoms with van der Waals surface area (Å²) in [6.45, 7) is 6.36. The first-order valence-electron chi connectivity index (χ1n) is 11.3. The third kappa shape index (κ3) is 4.03.